The average Bonchev–Trinajstić information content (AvgIpc) is 3.61. The number of likely N-dealkylation sites (tertiary alicyclic amines) is 2. The van der Waals surface area contributed by atoms with E-state index in [-0.39, 0.29) is 0 Å². The topological polar surface area (TPSA) is 14.2 Å². The van der Waals surface area contributed by atoms with E-state index in [1.54, 1.807) is 11.1 Å². The maximum absolute atomic E-state index is 2.50. The molecule has 2 fully saturated rings. The van der Waals surface area contributed by atoms with Gasteiger partial charge in [-0.2, -0.15) is 0 Å². The lowest BCUT2D eigenvalue weighted by Crippen LogP contribution is -2.34. The minimum Gasteiger partial charge on any atom is -0.299 e. The fraction of sp³-hybridized carbons (Fsp3) is 0.556. The molecule has 0 N–H and O–H groups in total. The molecule has 2 aromatic heterocycles. The van der Waals surface area contributed by atoms with Crippen LogP contribution < -0.4 is 9.13 Å². The lowest BCUT2D eigenvalue weighted by atomic mass is 9.97. The third kappa shape index (κ3) is 8.01. The van der Waals surface area contributed by atoms with E-state index < -0.39 is 0 Å². The maximum Gasteiger partial charge on any atom is 0.173 e. The minimum atomic E-state index is 0.609. The summed E-state index contributed by atoms with van der Waals surface area (Å²) in [6.07, 6.45) is 24.6. The predicted octanol–water partition coefficient (Wildman–Crippen LogP) is 6.62. The number of hydrogen-bond acceptors (Lipinski definition) is 2. The predicted molar refractivity (Wildman–Crippen MR) is 164 cm³/mol. The Balaban J connectivity index is 1.00. The number of nitrogens with zero attached hydrogens (tertiary/aromatic N) is 4. The number of hydrogen-bond donors (Lipinski definition) is 0. The smallest absolute Gasteiger partial charge is 0.173 e. The fourth-order valence-corrected chi connectivity index (χ4v) is 7.04. The second-order valence-electron chi connectivity index (χ2n) is 12.4. The number of aromatic nitrogens is 2. The molecule has 1 aromatic carbocycles. The summed E-state index contributed by atoms with van der Waals surface area (Å²) in [5, 5.41) is 0. The van der Waals surface area contributed by atoms with Gasteiger partial charge in [-0.25, -0.2) is 9.13 Å². The van der Waals surface area contributed by atoms with Gasteiger partial charge in [-0.1, -0.05) is 24.3 Å². The molecule has 2 atom stereocenters. The van der Waals surface area contributed by atoms with E-state index in [1.165, 1.54) is 101 Å². The first-order valence-electron chi connectivity index (χ1n) is 16.1. The Morgan fingerprint density at radius 3 is 1.50 bits per heavy atom. The summed E-state index contributed by atoms with van der Waals surface area (Å²) in [7, 11) is 4.53. The van der Waals surface area contributed by atoms with Crippen molar-refractivity contribution in [2.75, 3.05) is 27.2 Å². The van der Waals surface area contributed by atoms with Gasteiger partial charge in [0, 0.05) is 48.2 Å². The van der Waals surface area contributed by atoms with Gasteiger partial charge in [-0.15, -0.1) is 0 Å². The van der Waals surface area contributed by atoms with Crippen molar-refractivity contribution < 1.29 is 9.13 Å². The van der Waals surface area contributed by atoms with Gasteiger partial charge >= 0.3 is 0 Å². The summed E-state index contributed by atoms with van der Waals surface area (Å²) in [6.45, 7) is 4.72. The van der Waals surface area contributed by atoms with Crippen LogP contribution in [0.25, 0.3) is 0 Å². The van der Waals surface area contributed by atoms with Crippen molar-refractivity contribution in [3.8, 4) is 0 Å². The number of pyridine rings is 2. The van der Waals surface area contributed by atoms with Gasteiger partial charge in [-0.3, -0.25) is 9.80 Å². The fourth-order valence-electron chi connectivity index (χ4n) is 7.04. The standard InChI is InChI=1S/C36H52N4/c1-37-23-13-21-35(37)33-19-11-27-39(29-33)25-9-3-5-15-31-17-7-8-18-32(31)16-6-4-10-26-40-28-12-20-34(30-40)36-22-14-24-38(36)2/h7-8,11-12,17-20,27-30,35-36H,3-6,9-10,13-16,21-26H2,1-2H3/q+2/t35-,36-/m0/s1. The molecule has 4 heteroatoms. The lowest BCUT2D eigenvalue weighted by Gasteiger charge is -2.18. The van der Waals surface area contributed by atoms with Crippen LogP contribution in [0.15, 0.2) is 73.3 Å². The highest BCUT2D eigenvalue weighted by molar-refractivity contribution is 5.27. The van der Waals surface area contributed by atoms with Gasteiger partial charge in [0.15, 0.2) is 24.8 Å². The van der Waals surface area contributed by atoms with Gasteiger partial charge in [0.05, 0.1) is 0 Å². The van der Waals surface area contributed by atoms with Crippen molar-refractivity contribution in [3.63, 3.8) is 0 Å². The Morgan fingerprint density at radius 1 is 0.600 bits per heavy atom. The highest BCUT2D eigenvalue weighted by Crippen LogP contribution is 2.30. The van der Waals surface area contributed by atoms with Crippen molar-refractivity contribution in [2.24, 2.45) is 0 Å². The lowest BCUT2D eigenvalue weighted by molar-refractivity contribution is -0.698. The number of unbranched alkanes of at least 4 members (excludes halogenated alkanes) is 4. The van der Waals surface area contributed by atoms with Crippen molar-refractivity contribution in [2.45, 2.75) is 102 Å². The second-order valence-corrected chi connectivity index (χ2v) is 12.4. The molecular formula is C36H52N4+2. The van der Waals surface area contributed by atoms with Crippen LogP contribution in [0.1, 0.15) is 98.5 Å². The Kier molecular flexibility index (Phi) is 10.8. The van der Waals surface area contributed by atoms with Crippen LogP contribution in [0.2, 0.25) is 0 Å². The molecular weight excluding hydrogens is 488 g/mol. The largest absolute Gasteiger partial charge is 0.299 e. The summed E-state index contributed by atoms with van der Waals surface area (Å²) < 4.78 is 4.83. The first kappa shape index (κ1) is 29.0. The van der Waals surface area contributed by atoms with Gasteiger partial charge in [0.2, 0.25) is 0 Å². The number of rotatable bonds is 14. The van der Waals surface area contributed by atoms with Gasteiger partial charge in [0.25, 0.3) is 0 Å². The first-order valence-corrected chi connectivity index (χ1v) is 16.1. The molecule has 0 spiro atoms. The molecule has 0 aliphatic carbocycles. The third-order valence-electron chi connectivity index (χ3n) is 9.42. The summed E-state index contributed by atoms with van der Waals surface area (Å²) >= 11 is 0. The quantitative estimate of drug-likeness (QED) is 0.169. The molecule has 2 aliphatic heterocycles. The first-order chi connectivity index (χ1) is 19.7. The van der Waals surface area contributed by atoms with E-state index in [1.807, 2.05) is 0 Å². The molecule has 5 rings (SSSR count). The van der Waals surface area contributed by atoms with E-state index in [2.05, 4.69) is 106 Å². The molecule has 0 unspecified atom stereocenters. The van der Waals surface area contributed by atoms with Crippen LogP contribution in [0.5, 0.6) is 0 Å². The molecule has 0 bridgehead atoms. The van der Waals surface area contributed by atoms with Gasteiger partial charge < -0.3 is 0 Å². The number of aryl methyl sites for hydroxylation is 4. The van der Waals surface area contributed by atoms with Crippen molar-refractivity contribution >= 4 is 0 Å². The van der Waals surface area contributed by atoms with E-state index in [4.69, 9.17) is 0 Å². The Hall–Kier alpha value is -2.56. The zero-order chi connectivity index (χ0) is 27.6. The normalized spacial score (nSPS) is 19.9. The second kappa shape index (κ2) is 14.9. The van der Waals surface area contributed by atoms with E-state index >= 15 is 0 Å². The molecule has 0 radical (unpaired) electrons. The number of benzene rings is 1. The van der Waals surface area contributed by atoms with Gasteiger partial charge in [0.1, 0.15) is 13.1 Å². The van der Waals surface area contributed by atoms with Crippen LogP contribution in [-0.2, 0) is 25.9 Å². The van der Waals surface area contributed by atoms with Crippen molar-refractivity contribution in [3.05, 3.63) is 95.6 Å². The molecule has 4 nitrogen and oxygen atoms in total. The van der Waals surface area contributed by atoms with Crippen LogP contribution in [0.3, 0.4) is 0 Å². The molecule has 4 heterocycles. The zero-order valence-corrected chi connectivity index (χ0v) is 25.2. The average molecular weight is 541 g/mol. The molecule has 2 saturated heterocycles. The molecule has 214 valence electrons. The molecule has 0 saturated carbocycles. The molecule has 2 aliphatic rings. The van der Waals surface area contributed by atoms with Crippen LogP contribution in [0.4, 0.5) is 0 Å². The van der Waals surface area contributed by atoms with E-state index in [9.17, 15) is 0 Å². The molecule has 40 heavy (non-hydrogen) atoms. The minimum absolute atomic E-state index is 0.609. The summed E-state index contributed by atoms with van der Waals surface area (Å²) in [6, 6.07) is 19.5. The Morgan fingerprint density at radius 2 is 1.07 bits per heavy atom. The van der Waals surface area contributed by atoms with Gasteiger partial charge in [-0.05, 0) is 115 Å². The van der Waals surface area contributed by atoms with Crippen LogP contribution in [0, 0.1) is 0 Å². The van der Waals surface area contributed by atoms with E-state index in [0.717, 1.165) is 13.1 Å². The maximum atomic E-state index is 2.50. The summed E-state index contributed by atoms with van der Waals surface area (Å²) in [4.78, 5) is 5.01. The van der Waals surface area contributed by atoms with Crippen molar-refractivity contribution in [1.82, 2.24) is 9.80 Å². The monoisotopic (exact) mass is 540 g/mol. The third-order valence-corrected chi connectivity index (χ3v) is 9.42. The van der Waals surface area contributed by atoms with E-state index in [0.29, 0.717) is 12.1 Å². The van der Waals surface area contributed by atoms with Crippen LogP contribution >= 0.6 is 0 Å². The molecule has 0 amide bonds. The highest BCUT2D eigenvalue weighted by atomic mass is 15.2. The highest BCUT2D eigenvalue weighted by Gasteiger charge is 2.25. The van der Waals surface area contributed by atoms with Crippen LogP contribution in [-0.4, -0.2) is 37.0 Å². The van der Waals surface area contributed by atoms with Crippen molar-refractivity contribution in [1.29, 1.82) is 0 Å². The Bertz CT molecular complexity index is 1100. The summed E-state index contributed by atoms with van der Waals surface area (Å²) in [5.41, 5.74) is 6.12. The SMILES string of the molecule is CN1CCC[C@H]1c1ccc[n+](CCCCCc2ccccc2CCCCC[n+]2cccc([C@@H]3CCCN3C)c2)c1. The molecule has 3 aromatic rings. The Labute approximate surface area is 243 Å². The summed E-state index contributed by atoms with van der Waals surface area (Å²) in [5.74, 6) is 0. The zero-order valence-electron chi connectivity index (χ0n) is 25.2.